The molecule has 34 nitrogen and oxygen atoms in total. The van der Waals surface area contributed by atoms with E-state index in [1.807, 2.05) is 6.07 Å². The van der Waals surface area contributed by atoms with Crippen LogP contribution in [0.1, 0.15) is 17.3 Å². The number of nitro benzene ring substituents is 1. The molecule has 0 atom stereocenters. The number of carboxylic acid groups (broad SMARTS) is 2. The van der Waals surface area contributed by atoms with Crippen LogP contribution in [0, 0.1) is 10.1 Å². The summed E-state index contributed by atoms with van der Waals surface area (Å²) < 4.78 is 159. The molecule has 0 saturated carbocycles. The summed E-state index contributed by atoms with van der Waals surface area (Å²) in [6.45, 7) is -5.90. The van der Waals surface area contributed by atoms with Crippen molar-refractivity contribution in [2.24, 2.45) is 0 Å². The Morgan fingerprint density at radius 2 is 1.22 bits per heavy atom. The first-order valence-electron chi connectivity index (χ1n) is 22.5. The minimum absolute atomic E-state index is 0.0352. The SMILES string of the molecule is CCS(=O)(=O)c1cccnc1S(=O)(=O)NC(=O)Nc1nc(OC)cc(OC)n1.Nc1c([N+](=O)[O-])ccc(Oc2ccccc2)c1Cl.O=C(Nc1nc(OC(F)F)cc(OC(F)F)n1)NS(=O)(=O)c1ccccc1C(=O)O.O=C(O)CNCP(=O)(O)O. The highest BCUT2D eigenvalue weighted by molar-refractivity contribution is 7.93. The Kier molecular flexibility index (Phi) is 26.4. The van der Waals surface area contributed by atoms with E-state index in [0.717, 1.165) is 24.4 Å². The van der Waals surface area contributed by atoms with Crippen molar-refractivity contribution in [1.82, 2.24) is 39.7 Å². The van der Waals surface area contributed by atoms with E-state index in [2.05, 4.69) is 45.0 Å². The number of nitrogens with two attached hydrogens (primary N) is 1. The summed E-state index contributed by atoms with van der Waals surface area (Å²) in [5.74, 6) is -5.26. The third-order valence-electron chi connectivity index (χ3n) is 9.10. The Labute approximate surface area is 486 Å². The molecule has 6 rings (SSSR count). The van der Waals surface area contributed by atoms with Crippen molar-refractivity contribution in [3.63, 3.8) is 0 Å². The summed E-state index contributed by atoms with van der Waals surface area (Å²) in [7, 11) is -14.7. The van der Waals surface area contributed by atoms with Crippen molar-refractivity contribution >= 4 is 96.4 Å². The van der Waals surface area contributed by atoms with Crippen LogP contribution in [-0.2, 0) is 39.2 Å². The van der Waals surface area contributed by atoms with Gasteiger partial charge in [-0.2, -0.15) is 45.9 Å². The number of nitrogens with zero attached hydrogens (tertiary/aromatic N) is 6. The number of methoxy groups -OCH3 is 2. The molecule has 0 spiro atoms. The lowest BCUT2D eigenvalue weighted by Crippen LogP contribution is -2.36. The van der Waals surface area contributed by atoms with Gasteiger partial charge in [-0.3, -0.25) is 35.4 Å². The standard InChI is InChI=1S/C14H10F4N4O7S.C14H17N5O7S2.C12H9ClN2O3.C3H8NO5P/c15-11(16)28-8-5-9(29-12(17)18)20-13(19-8)21-14(25)22-30(26,27)7-4-2-1-3-6(7)10(23)24;1-4-27(21,22)9-6-5-7-15-12(9)28(23,24)19-14(20)18-13-16-10(25-2)8-11(17-13)26-3;13-11-10(18-8-4-2-1-3-5-8)7-6-9(12(11)14)15(16)17;5-3(6)1-4-2-10(7,8)9/h1-5,11-12H,(H,23,24)(H2,19,20,21,22,25);5-8H,4H2,1-3H3,(H2,16,17,18,19,20);1-7H,14H2;4H,1-2H2,(H,5,6)(H2,7,8,9). The number of nitro groups is 1. The number of amides is 4. The van der Waals surface area contributed by atoms with Crippen LogP contribution in [0.25, 0.3) is 0 Å². The smallest absolute Gasteiger partial charge is 0.388 e. The average molecular weight is 1320 g/mol. The highest BCUT2D eigenvalue weighted by Gasteiger charge is 2.30. The molecule has 0 aliphatic carbocycles. The van der Waals surface area contributed by atoms with Crippen molar-refractivity contribution in [2.45, 2.75) is 35.0 Å². The predicted octanol–water partition coefficient (Wildman–Crippen LogP) is 4.50. The van der Waals surface area contributed by atoms with Crippen molar-refractivity contribution in [2.75, 3.05) is 49.2 Å². The molecular weight excluding hydrogens is 1280 g/mol. The second-order valence-corrected chi connectivity index (χ2v) is 22.7. The zero-order valence-corrected chi connectivity index (χ0v) is 47.6. The van der Waals surface area contributed by atoms with Gasteiger partial charge in [-0.15, -0.1) is 0 Å². The number of rotatable bonds is 22. The molecule has 3 heterocycles. The number of hydrogen-bond acceptors (Lipinski definition) is 25. The zero-order chi connectivity index (χ0) is 64.7. The summed E-state index contributed by atoms with van der Waals surface area (Å²) in [4.78, 5) is 87.9. The van der Waals surface area contributed by atoms with E-state index >= 15 is 0 Å². The number of para-hydroxylation sites is 1. The molecule has 0 saturated heterocycles. The van der Waals surface area contributed by atoms with Crippen LogP contribution >= 0.6 is 19.2 Å². The monoisotopic (exact) mass is 1320 g/mol. The molecule has 6 aromatic rings. The first-order valence-corrected chi connectivity index (χ1v) is 29.3. The molecule has 466 valence electrons. The van der Waals surface area contributed by atoms with Crippen LogP contribution in [-0.4, -0.2) is 145 Å². The topological polar surface area (TPSA) is 509 Å². The Balaban J connectivity index is 0.000000319. The molecular formula is C43H44ClF4N12O22PS3. The number of pyridine rings is 1. The van der Waals surface area contributed by atoms with Crippen molar-refractivity contribution in [3.8, 4) is 35.0 Å². The van der Waals surface area contributed by atoms with Gasteiger partial charge in [-0.1, -0.05) is 48.9 Å². The fourth-order valence-electron chi connectivity index (χ4n) is 5.61. The molecule has 3 aromatic heterocycles. The van der Waals surface area contributed by atoms with Crippen molar-refractivity contribution < 1.29 is 115 Å². The van der Waals surface area contributed by atoms with Gasteiger partial charge in [0, 0.05) is 12.3 Å². The number of urea groups is 2. The van der Waals surface area contributed by atoms with E-state index in [0.29, 0.717) is 11.8 Å². The molecule has 0 aliphatic heterocycles. The van der Waals surface area contributed by atoms with Crippen molar-refractivity contribution in [1.29, 1.82) is 0 Å². The largest absolute Gasteiger partial charge is 0.481 e. The highest BCUT2D eigenvalue weighted by atomic mass is 35.5. The van der Waals surface area contributed by atoms with Gasteiger partial charge in [0.05, 0.1) is 55.4 Å². The number of nitrogen functional groups attached to an aromatic ring is 1. The normalized spacial score (nSPS) is 11.1. The van der Waals surface area contributed by atoms with Crippen LogP contribution < -0.4 is 54.8 Å². The van der Waals surface area contributed by atoms with Crippen LogP contribution in [0.2, 0.25) is 5.02 Å². The number of carbonyl (C=O) groups excluding carboxylic acids is 2. The van der Waals surface area contributed by atoms with Crippen LogP contribution in [0.5, 0.6) is 35.0 Å². The number of aromatic carboxylic acids is 1. The highest BCUT2D eigenvalue weighted by Crippen LogP contribution is 2.39. The first-order chi connectivity index (χ1) is 40.1. The van der Waals surface area contributed by atoms with E-state index in [9.17, 15) is 76.7 Å². The molecule has 0 aliphatic rings. The summed E-state index contributed by atoms with van der Waals surface area (Å²) in [5, 5.41) is 32.8. The number of carboxylic acids is 2. The minimum atomic E-state index is -4.71. The minimum Gasteiger partial charge on any atom is -0.481 e. The summed E-state index contributed by atoms with van der Waals surface area (Å²) in [5.41, 5.74) is 4.60. The lowest BCUT2D eigenvalue weighted by molar-refractivity contribution is -0.383. The van der Waals surface area contributed by atoms with Gasteiger partial charge in [-0.25, -0.2) is 45.6 Å². The average Bonchev–Trinajstić information content (AvgIpc) is 2.12. The van der Waals surface area contributed by atoms with E-state index < -0.39 is 131 Å². The lowest BCUT2D eigenvalue weighted by atomic mass is 10.2. The predicted molar refractivity (Wildman–Crippen MR) is 286 cm³/mol. The van der Waals surface area contributed by atoms with E-state index in [-0.39, 0.29) is 45.6 Å². The van der Waals surface area contributed by atoms with E-state index in [1.165, 1.54) is 62.3 Å². The van der Waals surface area contributed by atoms with Gasteiger partial charge < -0.3 is 49.4 Å². The number of sulfonamides is 2. The summed E-state index contributed by atoms with van der Waals surface area (Å²) in [6.07, 6.45) is 0.497. The molecule has 11 N–H and O–H groups in total. The number of anilines is 3. The number of aliphatic carboxylic acids is 1. The van der Waals surface area contributed by atoms with Gasteiger partial charge in [0.25, 0.3) is 25.7 Å². The van der Waals surface area contributed by atoms with Crippen LogP contribution in [0.4, 0.5) is 50.4 Å². The summed E-state index contributed by atoms with van der Waals surface area (Å²) >= 11 is 5.94. The Hall–Kier alpha value is -9.38. The number of halogens is 5. The lowest BCUT2D eigenvalue weighted by Gasteiger charge is -2.11. The molecule has 0 bridgehead atoms. The van der Waals surface area contributed by atoms with E-state index in [4.69, 9.17) is 51.5 Å². The number of benzene rings is 3. The molecule has 43 heteroatoms. The molecule has 0 fully saturated rings. The number of sulfone groups is 1. The number of nitrogens with one attached hydrogen (secondary N) is 5. The fraction of sp³-hybridized carbons (Fsp3) is 0.186. The molecule has 0 radical (unpaired) electrons. The van der Waals surface area contributed by atoms with Gasteiger partial charge >= 0.3 is 44.8 Å². The number of hydrogen-bond donors (Lipinski definition) is 10. The first kappa shape index (κ1) is 70.9. The zero-order valence-electron chi connectivity index (χ0n) is 43.5. The Morgan fingerprint density at radius 1 is 0.733 bits per heavy atom. The maximum Gasteiger partial charge on any atom is 0.388 e. The van der Waals surface area contributed by atoms with E-state index in [1.54, 1.807) is 34.3 Å². The number of aromatic nitrogens is 5. The Morgan fingerprint density at radius 3 is 1.70 bits per heavy atom. The Bertz CT molecular complexity index is 3750. The molecule has 86 heavy (non-hydrogen) atoms. The maximum absolute atomic E-state index is 12.5. The number of ether oxygens (including phenoxy) is 5. The molecule has 3 aromatic carbocycles. The third kappa shape index (κ3) is 23.3. The second-order valence-electron chi connectivity index (χ2n) is 15.2. The number of alkyl halides is 4. The second kappa shape index (κ2) is 32.0. The summed E-state index contributed by atoms with van der Waals surface area (Å²) in [6, 6.07) is 17.3. The number of carbonyl (C=O) groups is 4. The van der Waals surface area contributed by atoms with Gasteiger partial charge in [-0.05, 0) is 42.5 Å². The van der Waals surface area contributed by atoms with Gasteiger partial charge in [0.15, 0.2) is 14.9 Å². The van der Waals surface area contributed by atoms with Crippen LogP contribution in [0.3, 0.4) is 0 Å². The van der Waals surface area contributed by atoms with Crippen LogP contribution in [0.15, 0.2) is 112 Å². The third-order valence-corrected chi connectivity index (χ3v) is 14.7. The van der Waals surface area contributed by atoms with Crippen molar-refractivity contribution in [3.05, 3.63) is 118 Å². The van der Waals surface area contributed by atoms with Gasteiger partial charge in [0.1, 0.15) is 32.0 Å². The molecule has 0 unspecified atom stereocenters. The molecule has 4 amide bonds. The van der Waals surface area contributed by atoms with Gasteiger partial charge in [0.2, 0.25) is 35.4 Å². The maximum atomic E-state index is 12.5. The quantitative estimate of drug-likeness (QED) is 0.0147. The fourth-order valence-corrected chi connectivity index (χ4v) is 9.87.